The minimum Gasteiger partial charge on any atom is -0.349 e. The molecule has 0 radical (unpaired) electrons. The molecular formula is C12H15ClN2. The highest BCUT2D eigenvalue weighted by Crippen LogP contribution is 2.27. The molecule has 0 spiro atoms. The van der Waals surface area contributed by atoms with E-state index in [2.05, 4.69) is 16.8 Å². The molecule has 3 heteroatoms. The number of aromatic nitrogens is 1. The maximum atomic E-state index is 6.16. The number of rotatable bonds is 3. The molecule has 1 aromatic carbocycles. The molecule has 2 nitrogen and oxygen atoms in total. The summed E-state index contributed by atoms with van der Waals surface area (Å²) in [6.45, 7) is 0.733. The van der Waals surface area contributed by atoms with Gasteiger partial charge in [-0.05, 0) is 31.0 Å². The molecular weight excluding hydrogens is 208 g/mol. The van der Waals surface area contributed by atoms with Crippen LogP contribution in [0.3, 0.4) is 0 Å². The molecule has 0 aliphatic rings. The van der Waals surface area contributed by atoms with Crippen LogP contribution in [-0.4, -0.2) is 11.1 Å². The van der Waals surface area contributed by atoms with E-state index in [1.807, 2.05) is 19.2 Å². The molecule has 0 bridgehead atoms. The molecule has 2 N–H and O–H groups in total. The summed E-state index contributed by atoms with van der Waals surface area (Å²) in [6.07, 6.45) is 4.19. The van der Waals surface area contributed by atoms with E-state index in [0.29, 0.717) is 0 Å². The van der Waals surface area contributed by atoms with Gasteiger partial charge < -0.3 is 10.3 Å². The lowest BCUT2D eigenvalue weighted by Crippen LogP contribution is -1.99. The molecule has 0 unspecified atom stereocenters. The average Bonchev–Trinajstić information content (AvgIpc) is 2.54. The summed E-state index contributed by atoms with van der Waals surface area (Å²) < 4.78 is 2.09. The first kappa shape index (κ1) is 10.5. The molecule has 0 aliphatic heterocycles. The van der Waals surface area contributed by atoms with Crippen LogP contribution in [0.2, 0.25) is 5.02 Å². The molecule has 2 aromatic rings. The predicted molar refractivity (Wildman–Crippen MR) is 65.3 cm³/mol. The summed E-state index contributed by atoms with van der Waals surface area (Å²) in [7, 11) is 2.03. The normalized spacial score (nSPS) is 11.1. The van der Waals surface area contributed by atoms with E-state index in [1.165, 1.54) is 10.9 Å². The van der Waals surface area contributed by atoms with Crippen molar-refractivity contribution in [2.45, 2.75) is 12.8 Å². The van der Waals surface area contributed by atoms with E-state index in [1.54, 1.807) is 0 Å². The number of hydrogen-bond donors (Lipinski definition) is 1. The van der Waals surface area contributed by atoms with Crippen molar-refractivity contribution in [1.29, 1.82) is 0 Å². The van der Waals surface area contributed by atoms with Gasteiger partial charge in [-0.15, -0.1) is 0 Å². The maximum Gasteiger partial charge on any atom is 0.0669 e. The van der Waals surface area contributed by atoms with Gasteiger partial charge in [0.05, 0.1) is 10.5 Å². The maximum absolute atomic E-state index is 6.16. The third-order valence-electron chi connectivity index (χ3n) is 2.69. The van der Waals surface area contributed by atoms with Crippen molar-refractivity contribution in [3.63, 3.8) is 0 Å². The molecule has 1 aromatic heterocycles. The van der Waals surface area contributed by atoms with Crippen molar-refractivity contribution in [2.75, 3.05) is 6.54 Å². The van der Waals surface area contributed by atoms with Crippen LogP contribution in [-0.2, 0) is 13.5 Å². The van der Waals surface area contributed by atoms with E-state index in [-0.39, 0.29) is 0 Å². The van der Waals surface area contributed by atoms with Gasteiger partial charge in [0, 0.05) is 18.6 Å². The molecule has 0 amide bonds. The van der Waals surface area contributed by atoms with Crippen molar-refractivity contribution >= 4 is 22.5 Å². The standard InChI is InChI=1S/C12H15ClN2/c1-15-8-9(4-3-7-14)10-5-2-6-11(13)12(10)15/h2,5-6,8H,3-4,7,14H2,1H3. The second-order valence-corrected chi connectivity index (χ2v) is 4.20. The summed E-state index contributed by atoms with van der Waals surface area (Å²) in [6, 6.07) is 6.04. The van der Waals surface area contributed by atoms with Crippen molar-refractivity contribution < 1.29 is 0 Å². The SMILES string of the molecule is Cn1cc(CCCN)c2cccc(Cl)c21. The summed E-state index contributed by atoms with van der Waals surface area (Å²) in [5, 5.41) is 2.06. The first-order valence-corrected chi connectivity index (χ1v) is 5.54. The number of nitrogens with zero attached hydrogens (tertiary/aromatic N) is 1. The quantitative estimate of drug-likeness (QED) is 0.851. The van der Waals surface area contributed by atoms with Gasteiger partial charge in [-0.3, -0.25) is 0 Å². The van der Waals surface area contributed by atoms with Crippen LogP contribution in [0.1, 0.15) is 12.0 Å². The zero-order valence-corrected chi connectivity index (χ0v) is 9.59. The van der Waals surface area contributed by atoms with Crippen LogP contribution < -0.4 is 5.73 Å². The van der Waals surface area contributed by atoms with Gasteiger partial charge in [0.25, 0.3) is 0 Å². The molecule has 15 heavy (non-hydrogen) atoms. The Bertz CT molecular complexity index is 474. The number of para-hydroxylation sites is 1. The monoisotopic (exact) mass is 222 g/mol. The number of fused-ring (bicyclic) bond motifs is 1. The minimum absolute atomic E-state index is 0.733. The van der Waals surface area contributed by atoms with Crippen LogP contribution in [0.5, 0.6) is 0 Å². The molecule has 0 aliphatic carbocycles. The second-order valence-electron chi connectivity index (χ2n) is 3.79. The lowest BCUT2D eigenvalue weighted by molar-refractivity contribution is 0.830. The van der Waals surface area contributed by atoms with Crippen molar-refractivity contribution in [1.82, 2.24) is 4.57 Å². The van der Waals surface area contributed by atoms with E-state index < -0.39 is 0 Å². The van der Waals surface area contributed by atoms with Crippen LogP contribution in [0.4, 0.5) is 0 Å². The molecule has 1 heterocycles. The first-order chi connectivity index (χ1) is 7.24. The van der Waals surface area contributed by atoms with E-state index in [4.69, 9.17) is 17.3 Å². The predicted octanol–water partition coefficient (Wildman–Crippen LogP) is 2.72. The Labute approximate surface area is 94.6 Å². The third kappa shape index (κ3) is 1.87. The Kier molecular flexibility index (Phi) is 2.98. The lowest BCUT2D eigenvalue weighted by atomic mass is 10.1. The zero-order chi connectivity index (χ0) is 10.8. The van der Waals surface area contributed by atoms with Crippen molar-refractivity contribution in [3.05, 3.63) is 35.0 Å². The Hall–Kier alpha value is -0.990. The van der Waals surface area contributed by atoms with Gasteiger partial charge in [-0.1, -0.05) is 23.7 Å². The summed E-state index contributed by atoms with van der Waals surface area (Å²) >= 11 is 6.16. The van der Waals surface area contributed by atoms with Crippen LogP contribution in [0.15, 0.2) is 24.4 Å². The fourth-order valence-corrected chi connectivity index (χ4v) is 2.30. The number of aryl methyl sites for hydroxylation is 2. The molecule has 0 fully saturated rings. The summed E-state index contributed by atoms with van der Waals surface area (Å²) in [5.74, 6) is 0. The fourth-order valence-electron chi connectivity index (χ4n) is 1.99. The Morgan fingerprint density at radius 2 is 2.20 bits per heavy atom. The Morgan fingerprint density at radius 1 is 1.40 bits per heavy atom. The van der Waals surface area contributed by atoms with Crippen LogP contribution in [0, 0.1) is 0 Å². The van der Waals surface area contributed by atoms with Gasteiger partial charge in [-0.25, -0.2) is 0 Å². The zero-order valence-electron chi connectivity index (χ0n) is 8.83. The fraction of sp³-hybridized carbons (Fsp3) is 0.333. The number of halogens is 1. The van der Waals surface area contributed by atoms with Gasteiger partial charge >= 0.3 is 0 Å². The summed E-state index contributed by atoms with van der Waals surface area (Å²) in [4.78, 5) is 0. The van der Waals surface area contributed by atoms with Crippen molar-refractivity contribution in [3.8, 4) is 0 Å². The molecule has 0 atom stereocenters. The molecule has 0 saturated heterocycles. The largest absolute Gasteiger partial charge is 0.349 e. The van der Waals surface area contributed by atoms with Gasteiger partial charge in [0.1, 0.15) is 0 Å². The smallest absolute Gasteiger partial charge is 0.0669 e. The Morgan fingerprint density at radius 3 is 2.93 bits per heavy atom. The van der Waals surface area contributed by atoms with E-state index >= 15 is 0 Å². The van der Waals surface area contributed by atoms with Crippen molar-refractivity contribution in [2.24, 2.45) is 12.8 Å². The highest BCUT2D eigenvalue weighted by molar-refractivity contribution is 6.35. The highest BCUT2D eigenvalue weighted by Gasteiger charge is 2.08. The summed E-state index contributed by atoms with van der Waals surface area (Å²) in [5.41, 5.74) is 7.97. The third-order valence-corrected chi connectivity index (χ3v) is 2.99. The van der Waals surface area contributed by atoms with Gasteiger partial charge in [0.15, 0.2) is 0 Å². The lowest BCUT2D eigenvalue weighted by Gasteiger charge is -1.98. The highest BCUT2D eigenvalue weighted by atomic mass is 35.5. The van der Waals surface area contributed by atoms with Crippen LogP contribution >= 0.6 is 11.6 Å². The topological polar surface area (TPSA) is 30.9 Å². The van der Waals surface area contributed by atoms with E-state index in [9.17, 15) is 0 Å². The molecule has 0 saturated carbocycles. The first-order valence-electron chi connectivity index (χ1n) is 5.16. The minimum atomic E-state index is 0.733. The number of benzene rings is 1. The second kappa shape index (κ2) is 4.25. The average molecular weight is 223 g/mol. The number of nitrogens with two attached hydrogens (primary N) is 1. The van der Waals surface area contributed by atoms with Crippen LogP contribution in [0.25, 0.3) is 10.9 Å². The van der Waals surface area contributed by atoms with Gasteiger partial charge in [0.2, 0.25) is 0 Å². The molecule has 2 rings (SSSR count). The van der Waals surface area contributed by atoms with E-state index in [0.717, 1.165) is 29.9 Å². The Balaban J connectivity index is 2.53. The van der Waals surface area contributed by atoms with Gasteiger partial charge in [-0.2, -0.15) is 0 Å². The molecule has 80 valence electrons. The number of hydrogen-bond acceptors (Lipinski definition) is 1.